The van der Waals surface area contributed by atoms with Gasteiger partial charge in [-0.3, -0.25) is 4.79 Å². The molecular weight excluding hydrogens is 328 g/mol. The minimum Gasteiger partial charge on any atom is -0.497 e. The Hall–Kier alpha value is -2.95. The van der Waals surface area contributed by atoms with Crippen molar-refractivity contribution in [1.82, 2.24) is 10.3 Å². The summed E-state index contributed by atoms with van der Waals surface area (Å²) in [4.78, 5) is 15.9. The molecule has 0 saturated heterocycles. The molecule has 3 aromatic rings. The zero-order valence-corrected chi connectivity index (χ0v) is 15.0. The number of aromatic amines is 1. The van der Waals surface area contributed by atoms with Crippen LogP contribution in [0.5, 0.6) is 11.5 Å². The number of aromatic nitrogens is 1. The molecule has 4 rings (SSSR count). The average Bonchev–Trinajstić information content (AvgIpc) is 3.18. The average molecular weight is 350 g/mol. The van der Waals surface area contributed by atoms with E-state index in [-0.39, 0.29) is 11.9 Å². The molecule has 1 unspecified atom stereocenters. The van der Waals surface area contributed by atoms with Crippen LogP contribution in [0.2, 0.25) is 0 Å². The zero-order chi connectivity index (χ0) is 18.1. The minimum absolute atomic E-state index is 0.0483. The van der Waals surface area contributed by atoms with E-state index in [9.17, 15) is 4.79 Å². The van der Waals surface area contributed by atoms with Crippen LogP contribution in [0, 0.1) is 0 Å². The molecule has 134 valence electrons. The SMILES string of the molecule is COc1ccc(CC(=O)NC2Cc3[nH]c4ccc(OC)cc4c3C2)cc1. The van der Waals surface area contributed by atoms with Crippen LogP contribution >= 0.6 is 0 Å². The highest BCUT2D eigenvalue weighted by atomic mass is 16.5. The lowest BCUT2D eigenvalue weighted by Crippen LogP contribution is -2.36. The van der Waals surface area contributed by atoms with E-state index < -0.39 is 0 Å². The third-order valence-corrected chi connectivity index (χ3v) is 4.99. The van der Waals surface area contributed by atoms with Crippen LogP contribution in [-0.4, -0.2) is 31.2 Å². The summed E-state index contributed by atoms with van der Waals surface area (Å²) in [6.07, 6.45) is 2.06. The molecule has 0 spiro atoms. The summed E-state index contributed by atoms with van der Waals surface area (Å²) in [5.41, 5.74) is 4.60. The van der Waals surface area contributed by atoms with Crippen molar-refractivity contribution < 1.29 is 14.3 Å². The van der Waals surface area contributed by atoms with Gasteiger partial charge < -0.3 is 19.8 Å². The maximum Gasteiger partial charge on any atom is 0.224 e. The van der Waals surface area contributed by atoms with Crippen LogP contribution in [0.4, 0.5) is 0 Å². The van der Waals surface area contributed by atoms with Gasteiger partial charge in [-0.15, -0.1) is 0 Å². The Kier molecular flexibility index (Phi) is 4.29. The number of nitrogens with one attached hydrogen (secondary N) is 2. The minimum atomic E-state index is 0.0483. The Labute approximate surface area is 152 Å². The second-order valence-corrected chi connectivity index (χ2v) is 6.69. The van der Waals surface area contributed by atoms with E-state index in [1.165, 1.54) is 16.6 Å². The Morgan fingerprint density at radius 3 is 2.54 bits per heavy atom. The third-order valence-electron chi connectivity index (χ3n) is 4.99. The number of hydrogen-bond acceptors (Lipinski definition) is 3. The van der Waals surface area contributed by atoms with Gasteiger partial charge >= 0.3 is 0 Å². The Morgan fingerprint density at radius 1 is 1.08 bits per heavy atom. The van der Waals surface area contributed by atoms with Gasteiger partial charge in [-0.25, -0.2) is 0 Å². The molecule has 1 aliphatic carbocycles. The van der Waals surface area contributed by atoms with E-state index in [0.29, 0.717) is 6.42 Å². The summed E-state index contributed by atoms with van der Waals surface area (Å²) >= 11 is 0. The Balaban J connectivity index is 1.42. The van der Waals surface area contributed by atoms with Crippen LogP contribution < -0.4 is 14.8 Å². The van der Waals surface area contributed by atoms with E-state index >= 15 is 0 Å². The molecule has 0 aliphatic heterocycles. The van der Waals surface area contributed by atoms with Crippen LogP contribution in [-0.2, 0) is 24.1 Å². The first-order chi connectivity index (χ1) is 12.7. The summed E-state index contributed by atoms with van der Waals surface area (Å²) in [5.74, 6) is 1.70. The van der Waals surface area contributed by atoms with Crippen LogP contribution in [0.1, 0.15) is 16.8 Å². The van der Waals surface area contributed by atoms with Crippen molar-refractivity contribution in [2.75, 3.05) is 14.2 Å². The molecular formula is C21H22N2O3. The summed E-state index contributed by atoms with van der Waals surface area (Å²) in [5, 5.41) is 4.35. The number of fused-ring (bicyclic) bond motifs is 3. The van der Waals surface area contributed by atoms with Gasteiger partial charge in [-0.2, -0.15) is 0 Å². The van der Waals surface area contributed by atoms with Gasteiger partial charge in [0.1, 0.15) is 11.5 Å². The first-order valence-corrected chi connectivity index (χ1v) is 8.76. The maximum absolute atomic E-state index is 12.4. The standard InChI is InChI=1S/C21H22N2O3/c1-25-15-5-3-13(4-6-15)9-21(24)22-14-10-17-18-12-16(26-2)7-8-19(18)23-20(17)11-14/h3-8,12,14,23H,9-11H2,1-2H3,(H,22,24). The second kappa shape index (κ2) is 6.75. The summed E-state index contributed by atoms with van der Waals surface area (Å²) in [6.45, 7) is 0. The smallest absolute Gasteiger partial charge is 0.224 e. The lowest BCUT2D eigenvalue weighted by atomic mass is 10.1. The largest absolute Gasteiger partial charge is 0.497 e. The van der Waals surface area contributed by atoms with Crippen molar-refractivity contribution in [2.45, 2.75) is 25.3 Å². The predicted octanol–water partition coefficient (Wildman–Crippen LogP) is 3.01. The molecule has 0 fully saturated rings. The molecule has 5 nitrogen and oxygen atoms in total. The van der Waals surface area contributed by atoms with Crippen LogP contribution in [0.15, 0.2) is 42.5 Å². The van der Waals surface area contributed by atoms with Crippen LogP contribution in [0.25, 0.3) is 10.9 Å². The van der Waals surface area contributed by atoms with Gasteiger partial charge in [-0.1, -0.05) is 12.1 Å². The van der Waals surface area contributed by atoms with Crippen molar-refractivity contribution in [3.05, 3.63) is 59.3 Å². The molecule has 0 bridgehead atoms. The highest BCUT2D eigenvalue weighted by molar-refractivity contribution is 5.87. The molecule has 5 heteroatoms. The normalized spacial score (nSPS) is 15.7. The third kappa shape index (κ3) is 3.12. The van der Waals surface area contributed by atoms with Crippen molar-refractivity contribution >= 4 is 16.8 Å². The van der Waals surface area contributed by atoms with Gasteiger partial charge in [0.15, 0.2) is 0 Å². The fourth-order valence-corrected chi connectivity index (χ4v) is 3.69. The van der Waals surface area contributed by atoms with E-state index in [1.807, 2.05) is 36.4 Å². The predicted molar refractivity (Wildman–Crippen MR) is 101 cm³/mol. The quantitative estimate of drug-likeness (QED) is 0.743. The molecule has 0 saturated carbocycles. The monoisotopic (exact) mass is 350 g/mol. The Morgan fingerprint density at radius 2 is 1.81 bits per heavy atom. The number of ether oxygens (including phenoxy) is 2. The summed E-state index contributed by atoms with van der Waals surface area (Å²) < 4.78 is 10.5. The number of carbonyl (C=O) groups excluding carboxylic acids is 1. The highest BCUT2D eigenvalue weighted by Crippen LogP contribution is 2.32. The fraction of sp³-hybridized carbons (Fsp3) is 0.286. The highest BCUT2D eigenvalue weighted by Gasteiger charge is 2.26. The molecule has 1 aliphatic rings. The van der Waals surface area contributed by atoms with Gasteiger partial charge in [0.05, 0.1) is 20.6 Å². The maximum atomic E-state index is 12.4. The van der Waals surface area contributed by atoms with E-state index in [2.05, 4.69) is 16.4 Å². The van der Waals surface area contributed by atoms with Crippen molar-refractivity contribution in [3.8, 4) is 11.5 Å². The van der Waals surface area contributed by atoms with Gasteiger partial charge in [0.25, 0.3) is 0 Å². The van der Waals surface area contributed by atoms with Gasteiger partial charge in [0, 0.05) is 29.1 Å². The topological polar surface area (TPSA) is 63.3 Å². The summed E-state index contributed by atoms with van der Waals surface area (Å²) in [7, 11) is 3.31. The molecule has 26 heavy (non-hydrogen) atoms. The number of benzene rings is 2. The van der Waals surface area contributed by atoms with Crippen molar-refractivity contribution in [2.24, 2.45) is 0 Å². The van der Waals surface area contributed by atoms with Crippen molar-refractivity contribution in [1.29, 1.82) is 0 Å². The molecule has 1 amide bonds. The number of methoxy groups -OCH3 is 2. The summed E-state index contributed by atoms with van der Waals surface area (Å²) in [6, 6.07) is 13.8. The Bertz CT molecular complexity index is 944. The van der Waals surface area contributed by atoms with Crippen molar-refractivity contribution in [3.63, 3.8) is 0 Å². The fourth-order valence-electron chi connectivity index (χ4n) is 3.69. The number of rotatable bonds is 5. The number of hydrogen-bond donors (Lipinski definition) is 2. The molecule has 1 heterocycles. The van der Waals surface area contributed by atoms with Gasteiger partial charge in [-0.05, 0) is 47.9 Å². The molecule has 0 radical (unpaired) electrons. The van der Waals surface area contributed by atoms with E-state index in [4.69, 9.17) is 9.47 Å². The van der Waals surface area contributed by atoms with Gasteiger partial charge in [0.2, 0.25) is 5.91 Å². The lowest BCUT2D eigenvalue weighted by molar-refractivity contribution is -0.121. The molecule has 2 aromatic carbocycles. The molecule has 2 N–H and O–H groups in total. The number of amides is 1. The zero-order valence-electron chi connectivity index (χ0n) is 15.0. The van der Waals surface area contributed by atoms with Crippen LogP contribution in [0.3, 0.4) is 0 Å². The number of carbonyl (C=O) groups is 1. The molecule has 1 aromatic heterocycles. The van der Waals surface area contributed by atoms with E-state index in [1.54, 1.807) is 14.2 Å². The van der Waals surface area contributed by atoms with E-state index in [0.717, 1.165) is 35.4 Å². The first-order valence-electron chi connectivity index (χ1n) is 8.76. The first kappa shape index (κ1) is 16.5. The number of H-pyrrole nitrogens is 1. The second-order valence-electron chi connectivity index (χ2n) is 6.69. The lowest BCUT2D eigenvalue weighted by Gasteiger charge is -2.13. The molecule has 1 atom stereocenters.